The van der Waals surface area contributed by atoms with Gasteiger partial charge < -0.3 is 9.64 Å². The summed E-state index contributed by atoms with van der Waals surface area (Å²) in [6.07, 6.45) is 5.17. The standard InChI is InChI=1S/C24H23ClFN7O4S2/c1-12-30-33-21-16(28-24(33)38-12)7-8-32(22(21)20-15(26)9-14(10-27-20)13-3-4-13)19(34)11-37-17-5-6-18(29-23(17)25)31-39(2,35)36/h5-6,9-10,13,22H,3-4,7-8,11H2,1-2H3,(H,29,31). The van der Waals surface area contributed by atoms with Crippen LogP contribution in [0.4, 0.5) is 10.2 Å². The predicted molar refractivity (Wildman–Crippen MR) is 142 cm³/mol. The average molecular weight is 592 g/mol. The molecule has 1 fully saturated rings. The first-order chi connectivity index (χ1) is 18.6. The number of imidazole rings is 1. The van der Waals surface area contributed by atoms with Gasteiger partial charge in [0.2, 0.25) is 15.0 Å². The molecule has 1 aliphatic heterocycles. The van der Waals surface area contributed by atoms with E-state index in [2.05, 4.69) is 19.8 Å². The molecule has 1 N–H and O–H groups in total. The lowest BCUT2D eigenvalue weighted by atomic mass is 9.98. The molecular weight excluding hydrogens is 569 g/mol. The number of aryl methyl sites for hydroxylation is 1. The summed E-state index contributed by atoms with van der Waals surface area (Å²) in [6, 6.07) is 3.44. The number of pyridine rings is 2. The summed E-state index contributed by atoms with van der Waals surface area (Å²) in [6.45, 7) is 1.72. The van der Waals surface area contributed by atoms with E-state index in [1.165, 1.54) is 34.4 Å². The number of hydrogen-bond acceptors (Lipinski definition) is 9. The highest BCUT2D eigenvalue weighted by Gasteiger charge is 2.39. The smallest absolute Gasteiger partial charge is 0.261 e. The van der Waals surface area contributed by atoms with E-state index in [-0.39, 0.29) is 29.0 Å². The first-order valence-corrected chi connectivity index (χ1v) is 15.2. The third-order valence-electron chi connectivity index (χ3n) is 6.55. The molecule has 4 aromatic rings. The van der Waals surface area contributed by atoms with Gasteiger partial charge in [0.25, 0.3) is 5.91 Å². The molecule has 11 nitrogen and oxygen atoms in total. The van der Waals surface area contributed by atoms with E-state index < -0.39 is 34.4 Å². The summed E-state index contributed by atoms with van der Waals surface area (Å²) < 4.78 is 48.0. The molecule has 0 spiro atoms. The molecule has 15 heteroatoms. The Morgan fingerprint density at radius 2 is 2.10 bits per heavy atom. The van der Waals surface area contributed by atoms with Crippen molar-refractivity contribution in [2.24, 2.45) is 0 Å². The number of carbonyl (C=O) groups excluding carboxylic acids is 1. The largest absolute Gasteiger partial charge is 0.481 e. The number of halogens is 2. The maximum Gasteiger partial charge on any atom is 0.261 e. The Morgan fingerprint density at radius 3 is 2.79 bits per heavy atom. The fourth-order valence-electron chi connectivity index (χ4n) is 4.71. The number of hydrogen-bond donors (Lipinski definition) is 1. The zero-order valence-electron chi connectivity index (χ0n) is 20.9. The van der Waals surface area contributed by atoms with Crippen LogP contribution in [0.3, 0.4) is 0 Å². The van der Waals surface area contributed by atoms with Crippen LogP contribution < -0.4 is 9.46 Å². The number of rotatable bonds is 7. The number of ether oxygens (including phenoxy) is 1. The van der Waals surface area contributed by atoms with Crippen molar-refractivity contribution in [1.29, 1.82) is 0 Å². The highest BCUT2D eigenvalue weighted by atomic mass is 35.5. The summed E-state index contributed by atoms with van der Waals surface area (Å²) in [5, 5.41) is 5.23. The summed E-state index contributed by atoms with van der Waals surface area (Å²) in [5.41, 5.74) is 2.33. The Balaban J connectivity index is 1.31. The highest BCUT2D eigenvalue weighted by molar-refractivity contribution is 7.92. The number of nitrogens with zero attached hydrogens (tertiary/aromatic N) is 6. The minimum Gasteiger partial charge on any atom is -0.481 e. The van der Waals surface area contributed by atoms with Crippen LogP contribution >= 0.6 is 22.9 Å². The van der Waals surface area contributed by atoms with Gasteiger partial charge in [-0.15, -0.1) is 0 Å². The molecule has 0 aromatic carbocycles. The van der Waals surface area contributed by atoms with Gasteiger partial charge in [-0.05, 0) is 49.4 Å². The van der Waals surface area contributed by atoms with Gasteiger partial charge in [-0.1, -0.05) is 22.9 Å². The van der Waals surface area contributed by atoms with Crippen LogP contribution in [-0.4, -0.2) is 63.2 Å². The third kappa shape index (κ3) is 5.15. The lowest BCUT2D eigenvalue weighted by Crippen LogP contribution is -2.44. The van der Waals surface area contributed by atoms with Crippen molar-refractivity contribution < 1.29 is 22.3 Å². The molecule has 204 valence electrons. The number of carbonyl (C=O) groups is 1. The summed E-state index contributed by atoms with van der Waals surface area (Å²) in [5.74, 6) is -0.467. The van der Waals surface area contributed by atoms with Crippen LogP contribution in [0.2, 0.25) is 5.15 Å². The molecule has 39 heavy (non-hydrogen) atoms. The van der Waals surface area contributed by atoms with E-state index in [1.54, 1.807) is 10.7 Å². The van der Waals surface area contributed by atoms with Crippen molar-refractivity contribution >= 4 is 49.6 Å². The zero-order chi connectivity index (χ0) is 27.5. The fraction of sp³-hybridized carbons (Fsp3) is 0.375. The first kappa shape index (κ1) is 25.9. The van der Waals surface area contributed by atoms with Crippen molar-refractivity contribution in [1.82, 2.24) is 29.5 Å². The summed E-state index contributed by atoms with van der Waals surface area (Å²) in [4.78, 5) is 28.9. The molecule has 1 atom stereocenters. The summed E-state index contributed by atoms with van der Waals surface area (Å²) >= 11 is 7.58. The van der Waals surface area contributed by atoms with E-state index in [4.69, 9.17) is 21.3 Å². The highest BCUT2D eigenvalue weighted by Crippen LogP contribution is 2.42. The predicted octanol–water partition coefficient (Wildman–Crippen LogP) is 3.48. The van der Waals surface area contributed by atoms with Gasteiger partial charge >= 0.3 is 0 Å². The number of nitrogens with one attached hydrogen (secondary N) is 1. The van der Waals surface area contributed by atoms with Crippen LogP contribution in [0.5, 0.6) is 5.75 Å². The summed E-state index contributed by atoms with van der Waals surface area (Å²) in [7, 11) is -3.54. The SMILES string of the molecule is Cc1nn2c3c(nc2s1)CCN(C(=O)COc1ccc(NS(C)(=O)=O)nc1Cl)C3c1ncc(C2CC2)cc1F. The molecule has 5 heterocycles. The zero-order valence-corrected chi connectivity index (χ0v) is 23.3. The number of fused-ring (bicyclic) bond motifs is 3. The first-order valence-electron chi connectivity index (χ1n) is 12.1. The van der Waals surface area contributed by atoms with Gasteiger partial charge in [0.05, 0.1) is 17.6 Å². The van der Waals surface area contributed by atoms with Crippen LogP contribution in [0, 0.1) is 12.7 Å². The van der Waals surface area contributed by atoms with Crippen molar-refractivity contribution in [2.75, 3.05) is 24.1 Å². The molecule has 4 aromatic heterocycles. The van der Waals surface area contributed by atoms with E-state index in [1.807, 2.05) is 6.92 Å². The second-order valence-corrected chi connectivity index (χ2v) is 12.8. The Kier molecular flexibility index (Phi) is 6.43. The van der Waals surface area contributed by atoms with Crippen LogP contribution in [0.15, 0.2) is 24.4 Å². The molecule has 0 radical (unpaired) electrons. The molecule has 1 unspecified atom stereocenters. The Morgan fingerprint density at radius 1 is 1.31 bits per heavy atom. The van der Waals surface area contributed by atoms with Gasteiger partial charge in [-0.25, -0.2) is 27.3 Å². The molecule has 0 bridgehead atoms. The molecule has 1 amide bonds. The van der Waals surface area contributed by atoms with E-state index in [0.717, 1.165) is 35.4 Å². The normalized spacial score (nSPS) is 17.3. The van der Waals surface area contributed by atoms with E-state index in [0.29, 0.717) is 23.0 Å². The fourth-order valence-corrected chi connectivity index (χ4v) is 6.18. The average Bonchev–Trinajstić information content (AvgIpc) is 3.57. The number of aromatic nitrogens is 5. The van der Waals surface area contributed by atoms with Crippen LogP contribution in [0.25, 0.3) is 4.96 Å². The van der Waals surface area contributed by atoms with Crippen molar-refractivity contribution in [3.8, 4) is 5.75 Å². The van der Waals surface area contributed by atoms with Crippen LogP contribution in [0.1, 0.15) is 52.5 Å². The van der Waals surface area contributed by atoms with E-state index >= 15 is 4.39 Å². The van der Waals surface area contributed by atoms with Crippen LogP contribution in [-0.2, 0) is 21.2 Å². The molecule has 1 aliphatic carbocycles. The lowest BCUT2D eigenvalue weighted by molar-refractivity contribution is -0.135. The van der Waals surface area contributed by atoms with Gasteiger partial charge in [0.15, 0.2) is 17.5 Å². The topological polar surface area (TPSA) is 132 Å². The van der Waals surface area contributed by atoms with Gasteiger partial charge in [-0.3, -0.25) is 14.5 Å². The molecule has 6 rings (SSSR count). The number of anilines is 1. The van der Waals surface area contributed by atoms with Gasteiger partial charge in [0.1, 0.15) is 28.4 Å². The van der Waals surface area contributed by atoms with Crippen molar-refractivity contribution in [3.05, 3.63) is 63.0 Å². The number of sulfonamides is 1. The quantitative estimate of drug-likeness (QED) is 0.323. The second kappa shape index (κ2) is 9.68. The van der Waals surface area contributed by atoms with Gasteiger partial charge in [0, 0.05) is 19.2 Å². The lowest BCUT2D eigenvalue weighted by Gasteiger charge is -2.35. The second-order valence-electron chi connectivity index (χ2n) is 9.56. The molecule has 0 saturated heterocycles. The molecule has 1 saturated carbocycles. The minimum atomic E-state index is -3.54. The Hall–Kier alpha value is -3.36. The monoisotopic (exact) mass is 591 g/mol. The van der Waals surface area contributed by atoms with Crippen molar-refractivity contribution in [3.63, 3.8) is 0 Å². The number of amides is 1. The third-order valence-corrected chi connectivity index (χ3v) is 8.22. The van der Waals surface area contributed by atoms with E-state index in [9.17, 15) is 13.2 Å². The maximum absolute atomic E-state index is 15.6. The minimum absolute atomic E-state index is 0.0179. The van der Waals surface area contributed by atoms with Crippen molar-refractivity contribution in [2.45, 2.75) is 38.1 Å². The maximum atomic E-state index is 15.6. The molecular formula is C24H23ClFN7O4S2. The molecule has 2 aliphatic rings. The Bertz CT molecular complexity index is 1720. The Labute approximate surface area is 232 Å². The van der Waals surface area contributed by atoms with Gasteiger partial charge in [-0.2, -0.15) is 5.10 Å².